The first-order chi connectivity index (χ1) is 7.06. The van der Waals surface area contributed by atoms with Crippen LogP contribution in [-0.4, -0.2) is 11.7 Å². The summed E-state index contributed by atoms with van der Waals surface area (Å²) >= 11 is 0. The van der Waals surface area contributed by atoms with Gasteiger partial charge in [-0.3, -0.25) is 0 Å². The summed E-state index contributed by atoms with van der Waals surface area (Å²) in [5.41, 5.74) is 5.19. The van der Waals surface area contributed by atoms with Gasteiger partial charge in [0.25, 0.3) is 0 Å². The molecule has 0 spiro atoms. The van der Waals surface area contributed by atoms with Crippen molar-refractivity contribution in [1.82, 2.24) is 0 Å². The summed E-state index contributed by atoms with van der Waals surface area (Å²) in [6.45, 7) is -0.0991. The van der Waals surface area contributed by atoms with Gasteiger partial charge in [-0.15, -0.1) is 0 Å². The predicted molar refractivity (Wildman–Crippen MR) is 49.6 cm³/mol. The van der Waals surface area contributed by atoms with E-state index in [4.69, 9.17) is 10.8 Å². The van der Waals surface area contributed by atoms with E-state index in [-0.39, 0.29) is 18.6 Å². The van der Waals surface area contributed by atoms with Crippen LogP contribution in [0.25, 0.3) is 0 Å². The van der Waals surface area contributed by atoms with E-state index in [2.05, 4.69) is 0 Å². The van der Waals surface area contributed by atoms with Gasteiger partial charge >= 0.3 is 0 Å². The molecule has 0 aromatic heterocycles. The normalized spacial score (nSPS) is 12.9. The van der Waals surface area contributed by atoms with Crippen molar-refractivity contribution in [2.24, 2.45) is 5.73 Å². The summed E-state index contributed by atoms with van der Waals surface area (Å²) in [6.07, 6.45) is 0.591. The highest BCUT2D eigenvalue weighted by atomic mass is 19.1. The van der Waals surface area contributed by atoms with Crippen LogP contribution < -0.4 is 5.73 Å². The Labute approximate surface area is 85.5 Å². The van der Waals surface area contributed by atoms with E-state index < -0.39 is 23.5 Å². The summed E-state index contributed by atoms with van der Waals surface area (Å²) in [7, 11) is 0. The molecule has 0 aliphatic heterocycles. The molecule has 1 aromatic carbocycles. The highest BCUT2D eigenvalue weighted by Crippen LogP contribution is 2.23. The Kier molecular flexibility index (Phi) is 4.11. The summed E-state index contributed by atoms with van der Waals surface area (Å²) < 4.78 is 38.9. The fourth-order valence-corrected chi connectivity index (χ4v) is 1.36. The largest absolute Gasteiger partial charge is 0.396 e. The second-order valence-electron chi connectivity index (χ2n) is 3.26. The maximum atomic E-state index is 13.2. The molecule has 0 saturated heterocycles. The van der Waals surface area contributed by atoms with Crippen molar-refractivity contribution in [3.05, 3.63) is 35.1 Å². The van der Waals surface area contributed by atoms with Crippen molar-refractivity contribution in [2.45, 2.75) is 18.9 Å². The Bertz CT molecular complexity index is 320. The molecule has 0 saturated carbocycles. The van der Waals surface area contributed by atoms with Gasteiger partial charge in [-0.25, -0.2) is 13.2 Å². The second-order valence-corrected chi connectivity index (χ2v) is 3.26. The van der Waals surface area contributed by atoms with Crippen LogP contribution in [0.3, 0.4) is 0 Å². The zero-order valence-electron chi connectivity index (χ0n) is 8.01. The van der Waals surface area contributed by atoms with Gasteiger partial charge < -0.3 is 10.8 Å². The van der Waals surface area contributed by atoms with Gasteiger partial charge in [-0.1, -0.05) is 0 Å². The van der Waals surface area contributed by atoms with E-state index in [1.807, 2.05) is 0 Å². The summed E-state index contributed by atoms with van der Waals surface area (Å²) in [5.74, 6) is -2.95. The van der Waals surface area contributed by atoms with Crippen molar-refractivity contribution in [3.63, 3.8) is 0 Å². The Morgan fingerprint density at radius 1 is 1.20 bits per heavy atom. The molecule has 5 heteroatoms. The second kappa shape index (κ2) is 5.14. The average Bonchev–Trinajstić information content (AvgIpc) is 2.12. The standard InChI is InChI=1S/C10H12F3NO/c11-6-4-7(12)10(8(13)5-6)9(14)2-1-3-15/h4-5,9,15H,1-3,14H2/t9-/m1/s1. The fraction of sp³-hybridized carbons (Fsp3) is 0.400. The third-order valence-corrected chi connectivity index (χ3v) is 2.09. The molecule has 0 heterocycles. The number of hydrogen-bond acceptors (Lipinski definition) is 2. The molecule has 1 rings (SSSR count). The SMILES string of the molecule is N[C@H](CCCO)c1c(F)cc(F)cc1F. The molecule has 0 amide bonds. The van der Waals surface area contributed by atoms with E-state index in [0.29, 0.717) is 18.6 Å². The monoisotopic (exact) mass is 219 g/mol. The maximum Gasteiger partial charge on any atom is 0.133 e. The zero-order chi connectivity index (χ0) is 11.4. The summed E-state index contributed by atoms with van der Waals surface area (Å²) in [6, 6.07) is 0.326. The van der Waals surface area contributed by atoms with Crippen molar-refractivity contribution >= 4 is 0 Å². The van der Waals surface area contributed by atoms with Gasteiger partial charge in [0, 0.05) is 30.3 Å². The molecule has 0 bridgehead atoms. The van der Waals surface area contributed by atoms with Crippen LogP contribution in [-0.2, 0) is 0 Å². The van der Waals surface area contributed by atoms with Gasteiger partial charge in [0.2, 0.25) is 0 Å². The van der Waals surface area contributed by atoms with Crippen LogP contribution in [0.5, 0.6) is 0 Å². The molecule has 1 atom stereocenters. The zero-order valence-corrected chi connectivity index (χ0v) is 8.01. The highest BCUT2D eigenvalue weighted by Gasteiger charge is 2.17. The molecule has 2 nitrogen and oxygen atoms in total. The first kappa shape index (κ1) is 12.0. The molecule has 0 aliphatic carbocycles. The third kappa shape index (κ3) is 2.94. The van der Waals surface area contributed by atoms with Crippen LogP contribution in [0, 0.1) is 17.5 Å². The van der Waals surface area contributed by atoms with E-state index in [1.54, 1.807) is 0 Å². The molecule has 0 aliphatic rings. The van der Waals surface area contributed by atoms with Crippen LogP contribution in [0.15, 0.2) is 12.1 Å². The minimum Gasteiger partial charge on any atom is -0.396 e. The van der Waals surface area contributed by atoms with E-state index in [0.717, 1.165) is 0 Å². The van der Waals surface area contributed by atoms with E-state index in [9.17, 15) is 13.2 Å². The number of rotatable bonds is 4. The van der Waals surface area contributed by atoms with Crippen LogP contribution >= 0.6 is 0 Å². The lowest BCUT2D eigenvalue weighted by Crippen LogP contribution is -2.15. The maximum absolute atomic E-state index is 13.2. The van der Waals surface area contributed by atoms with Gasteiger partial charge in [0.05, 0.1) is 0 Å². The molecule has 1 aromatic rings. The smallest absolute Gasteiger partial charge is 0.133 e. The molecule has 15 heavy (non-hydrogen) atoms. The number of hydrogen-bond donors (Lipinski definition) is 2. The first-order valence-electron chi connectivity index (χ1n) is 4.57. The number of aliphatic hydroxyl groups excluding tert-OH is 1. The van der Waals surface area contributed by atoms with Crippen molar-refractivity contribution in [2.75, 3.05) is 6.61 Å². The van der Waals surface area contributed by atoms with Crippen LogP contribution in [0.1, 0.15) is 24.4 Å². The van der Waals surface area contributed by atoms with Crippen molar-refractivity contribution < 1.29 is 18.3 Å². The lowest BCUT2D eigenvalue weighted by molar-refractivity contribution is 0.278. The van der Waals surface area contributed by atoms with Gasteiger partial charge in [0.15, 0.2) is 0 Å². The molecule has 0 fully saturated rings. The van der Waals surface area contributed by atoms with Crippen molar-refractivity contribution in [3.8, 4) is 0 Å². The third-order valence-electron chi connectivity index (χ3n) is 2.09. The summed E-state index contributed by atoms with van der Waals surface area (Å²) in [5, 5.41) is 8.54. The highest BCUT2D eigenvalue weighted by molar-refractivity contribution is 5.23. The Morgan fingerprint density at radius 3 is 2.20 bits per heavy atom. The molecule has 84 valence electrons. The average molecular weight is 219 g/mol. The van der Waals surface area contributed by atoms with Crippen LogP contribution in [0.4, 0.5) is 13.2 Å². The van der Waals surface area contributed by atoms with E-state index >= 15 is 0 Å². The molecular formula is C10H12F3NO. The topological polar surface area (TPSA) is 46.2 Å². The van der Waals surface area contributed by atoms with Crippen molar-refractivity contribution in [1.29, 1.82) is 0 Å². The molecule has 3 N–H and O–H groups in total. The number of halogens is 3. The number of benzene rings is 1. The minimum absolute atomic E-state index is 0.0991. The van der Waals surface area contributed by atoms with Gasteiger partial charge in [-0.2, -0.15) is 0 Å². The Morgan fingerprint density at radius 2 is 1.73 bits per heavy atom. The Balaban J connectivity index is 2.92. The number of aliphatic hydroxyl groups is 1. The lowest BCUT2D eigenvalue weighted by Gasteiger charge is -2.13. The Hall–Kier alpha value is -1.07. The lowest BCUT2D eigenvalue weighted by atomic mass is 10.0. The fourth-order valence-electron chi connectivity index (χ4n) is 1.36. The number of nitrogens with two attached hydrogens (primary N) is 1. The van der Waals surface area contributed by atoms with Crippen LogP contribution in [0.2, 0.25) is 0 Å². The molecule has 0 radical (unpaired) electrons. The first-order valence-corrected chi connectivity index (χ1v) is 4.57. The van der Waals surface area contributed by atoms with Gasteiger partial charge in [0.1, 0.15) is 17.5 Å². The predicted octanol–water partition coefficient (Wildman–Crippen LogP) is 1.88. The minimum atomic E-state index is -0.988. The van der Waals surface area contributed by atoms with E-state index in [1.165, 1.54) is 0 Å². The van der Waals surface area contributed by atoms with Gasteiger partial charge in [-0.05, 0) is 12.8 Å². The molecule has 0 unspecified atom stereocenters. The molecular weight excluding hydrogens is 207 g/mol. The quantitative estimate of drug-likeness (QED) is 0.812. The summed E-state index contributed by atoms with van der Waals surface area (Å²) in [4.78, 5) is 0.